The van der Waals surface area contributed by atoms with E-state index in [1.807, 2.05) is 75.4 Å². The first-order chi connectivity index (χ1) is 31.3. The van der Waals surface area contributed by atoms with Gasteiger partial charge in [0.25, 0.3) is 23.6 Å². The van der Waals surface area contributed by atoms with E-state index >= 15 is 0 Å². The van der Waals surface area contributed by atoms with Crippen molar-refractivity contribution in [2.75, 3.05) is 0 Å². The minimum absolute atomic E-state index is 0.0161. The second-order valence-corrected chi connectivity index (χ2v) is 19.8. The number of benzene rings is 7. The van der Waals surface area contributed by atoms with Crippen molar-refractivity contribution < 1.29 is 38.7 Å². The van der Waals surface area contributed by atoms with Gasteiger partial charge in [-0.2, -0.15) is 5.06 Å². The molecule has 7 aromatic rings. The fraction of sp³-hybridized carbons (Fsp3) is 0.327. The molecule has 4 amide bonds. The molecule has 0 aromatic heterocycles. The van der Waals surface area contributed by atoms with Crippen LogP contribution in [-0.4, -0.2) is 67.4 Å². The number of fused-ring (bicyclic) bond motifs is 2. The first kappa shape index (κ1) is 44.5. The molecule has 0 spiro atoms. The van der Waals surface area contributed by atoms with Crippen LogP contribution >= 0.6 is 0 Å². The molecule has 66 heavy (non-hydrogen) atoms. The highest BCUT2D eigenvalue weighted by Gasteiger charge is 2.44. The van der Waals surface area contributed by atoms with Crippen LogP contribution in [0.4, 0.5) is 0 Å². The van der Waals surface area contributed by atoms with Gasteiger partial charge >= 0.3 is 5.97 Å². The van der Waals surface area contributed by atoms with Gasteiger partial charge in [0.05, 0.1) is 6.04 Å². The van der Waals surface area contributed by atoms with Crippen molar-refractivity contribution in [3.05, 3.63) is 137 Å². The predicted molar refractivity (Wildman–Crippen MR) is 256 cm³/mol. The Labute approximate surface area is 384 Å². The summed E-state index contributed by atoms with van der Waals surface area (Å²) in [5, 5.41) is 17.6. The molecule has 0 saturated heterocycles. The number of ether oxygens (including phenoxy) is 1. The zero-order valence-corrected chi connectivity index (χ0v) is 39.0. The molecule has 11 heteroatoms. The summed E-state index contributed by atoms with van der Waals surface area (Å²) in [6, 6.07) is 30.8. The van der Waals surface area contributed by atoms with E-state index < -0.39 is 47.8 Å². The van der Waals surface area contributed by atoms with Crippen molar-refractivity contribution in [3.8, 4) is 5.75 Å². The molecule has 2 aliphatic rings. The highest BCUT2D eigenvalue weighted by Crippen LogP contribution is 2.47. The molecule has 7 aromatic carbocycles. The number of carboxylic acids is 1. The molecule has 2 heterocycles. The third-order valence-corrected chi connectivity index (χ3v) is 13.3. The van der Waals surface area contributed by atoms with E-state index in [1.54, 1.807) is 38.1 Å². The lowest BCUT2D eigenvalue weighted by Crippen LogP contribution is -2.52. The van der Waals surface area contributed by atoms with Crippen LogP contribution in [0.2, 0.25) is 0 Å². The summed E-state index contributed by atoms with van der Waals surface area (Å²) in [6.07, 6.45) is -1.23. The van der Waals surface area contributed by atoms with E-state index in [9.17, 15) is 29.1 Å². The predicted octanol–water partition coefficient (Wildman–Crippen LogP) is 11.6. The molecule has 0 radical (unpaired) electrons. The Balaban J connectivity index is 1.04. The smallest absolute Gasteiger partial charge is 0.327 e. The summed E-state index contributed by atoms with van der Waals surface area (Å²) >= 11 is 0. The molecule has 0 bridgehead atoms. The van der Waals surface area contributed by atoms with Crippen LogP contribution in [0, 0.1) is 17.8 Å². The second-order valence-electron chi connectivity index (χ2n) is 19.8. The van der Waals surface area contributed by atoms with Gasteiger partial charge in [0.15, 0.2) is 6.23 Å². The molecule has 9 rings (SSSR count). The average Bonchev–Trinajstić information content (AvgIpc) is 3.27. The number of aliphatic carboxylic acids is 1. The Morgan fingerprint density at radius 3 is 1.35 bits per heavy atom. The van der Waals surface area contributed by atoms with Crippen LogP contribution in [0.3, 0.4) is 0 Å². The van der Waals surface area contributed by atoms with Crippen molar-refractivity contribution in [1.82, 2.24) is 14.9 Å². The highest BCUT2D eigenvalue weighted by atomic mass is 16.7. The van der Waals surface area contributed by atoms with E-state index in [-0.39, 0.29) is 40.6 Å². The summed E-state index contributed by atoms with van der Waals surface area (Å²) in [6.45, 7) is 20.0. The van der Waals surface area contributed by atoms with Crippen molar-refractivity contribution in [2.45, 2.75) is 99.2 Å². The van der Waals surface area contributed by atoms with Crippen LogP contribution in [0.5, 0.6) is 5.75 Å². The van der Waals surface area contributed by atoms with Crippen molar-refractivity contribution in [2.24, 2.45) is 17.8 Å². The maximum absolute atomic E-state index is 14.7. The van der Waals surface area contributed by atoms with Crippen molar-refractivity contribution in [3.63, 3.8) is 0 Å². The van der Waals surface area contributed by atoms with E-state index in [2.05, 4.69) is 63.9 Å². The van der Waals surface area contributed by atoms with Gasteiger partial charge < -0.3 is 9.84 Å². The number of hydrogen-bond donors (Lipinski definition) is 1. The van der Waals surface area contributed by atoms with Gasteiger partial charge in [-0.05, 0) is 119 Å². The van der Waals surface area contributed by atoms with Gasteiger partial charge in [0, 0.05) is 44.5 Å². The third-order valence-electron chi connectivity index (χ3n) is 13.3. The number of carbonyl (C=O) groups excluding carboxylic acids is 4. The Bertz CT molecular complexity index is 2990. The van der Waals surface area contributed by atoms with Crippen molar-refractivity contribution in [1.29, 1.82) is 0 Å². The van der Waals surface area contributed by atoms with Crippen LogP contribution in [0.15, 0.2) is 103 Å². The summed E-state index contributed by atoms with van der Waals surface area (Å²) in [7, 11) is 0. The highest BCUT2D eigenvalue weighted by molar-refractivity contribution is 6.41. The van der Waals surface area contributed by atoms with E-state index in [1.165, 1.54) is 10.5 Å². The minimum Gasteiger partial charge on any atom is -0.480 e. The number of carbonyl (C=O) groups is 5. The molecule has 338 valence electrons. The summed E-state index contributed by atoms with van der Waals surface area (Å²) < 4.78 is 6.58. The van der Waals surface area contributed by atoms with Gasteiger partial charge in [-0.1, -0.05) is 108 Å². The second kappa shape index (κ2) is 16.3. The van der Waals surface area contributed by atoms with E-state index in [4.69, 9.17) is 9.57 Å². The Morgan fingerprint density at radius 1 is 0.530 bits per heavy atom. The lowest BCUT2D eigenvalue weighted by Gasteiger charge is -2.44. The van der Waals surface area contributed by atoms with Gasteiger partial charge in [-0.15, -0.1) is 0 Å². The van der Waals surface area contributed by atoms with Crippen LogP contribution < -0.4 is 4.74 Å². The normalized spacial score (nSPS) is 16.3. The Kier molecular flexibility index (Phi) is 11.0. The summed E-state index contributed by atoms with van der Waals surface area (Å²) in [5.74, 6) is -3.54. The molecule has 0 fully saturated rings. The topological polar surface area (TPSA) is 134 Å². The van der Waals surface area contributed by atoms with E-state index in [0.717, 1.165) is 37.4 Å². The van der Waals surface area contributed by atoms with Crippen molar-refractivity contribution >= 4 is 72.7 Å². The zero-order valence-electron chi connectivity index (χ0n) is 39.0. The first-order valence-corrected chi connectivity index (χ1v) is 22.8. The molecule has 11 nitrogen and oxygen atoms in total. The fourth-order valence-corrected chi connectivity index (χ4v) is 10.2. The number of rotatable bonds is 13. The summed E-state index contributed by atoms with van der Waals surface area (Å²) in [5.41, 5.74) is 3.03. The molecule has 0 aliphatic carbocycles. The molecular formula is C55H55N3O8. The molecular weight excluding hydrogens is 831 g/mol. The van der Waals surface area contributed by atoms with Gasteiger partial charge in [-0.3, -0.25) is 28.9 Å². The maximum Gasteiger partial charge on any atom is 0.327 e. The number of imide groups is 2. The SMILES string of the molecule is CC(ON(C(c1ccccc1)C(C)C)C(C)(C)C)c1ccc(OC(C(C)C)N2C(=O)c3ccc4c5ccc6c7c(ccc(c8ccc(c3c48)C2=O)c75)C(=O)N(C(C(=O)O)C(C)C)C6=O)cc1. The molecule has 1 N–H and O–H groups in total. The lowest BCUT2D eigenvalue weighted by atomic mass is 9.82. The summed E-state index contributed by atoms with van der Waals surface area (Å²) in [4.78, 5) is 78.7. The molecule has 4 unspecified atom stereocenters. The number of carboxylic acid groups (broad SMARTS) is 1. The quantitative estimate of drug-likeness (QED) is 0.0520. The van der Waals surface area contributed by atoms with Crippen LogP contribution in [0.1, 0.15) is 134 Å². The number of hydroxylamine groups is 2. The molecule has 0 saturated carbocycles. The minimum atomic E-state index is -1.34. The van der Waals surface area contributed by atoms with Gasteiger partial charge in [0.2, 0.25) is 0 Å². The number of nitrogens with zero attached hydrogens (tertiary/aromatic N) is 3. The number of amides is 4. The standard InChI is InChI=1S/C55H55N3O8/c1-28(2)47(33-14-12-11-13-15-33)58(55(8,9)10)66-31(7)32-16-18-34(19-17-32)65-53(30(5)6)57-51(61)41-26-22-37-35-20-24-39-45-40(50(60)56(49(39)59)48(29(3)4)54(63)64)25-21-36(43(35)45)38-23-27-42(52(57)62)46(41)44(37)38/h11-31,47-48,53H,1-10H3,(H,63,64). The van der Waals surface area contributed by atoms with Crippen LogP contribution in [0.25, 0.3) is 43.1 Å². The van der Waals surface area contributed by atoms with Gasteiger partial charge in [0.1, 0.15) is 17.9 Å². The Hall–Kier alpha value is -6.69. The fourth-order valence-electron chi connectivity index (χ4n) is 10.2. The molecule has 2 aliphatic heterocycles. The lowest BCUT2D eigenvalue weighted by molar-refractivity contribution is -0.272. The largest absolute Gasteiger partial charge is 0.480 e. The zero-order chi connectivity index (χ0) is 47.3. The molecule has 4 atom stereocenters. The Morgan fingerprint density at radius 2 is 0.970 bits per heavy atom. The van der Waals surface area contributed by atoms with Gasteiger partial charge in [-0.25, -0.2) is 9.69 Å². The average molecular weight is 886 g/mol. The first-order valence-electron chi connectivity index (χ1n) is 22.8. The number of hydrogen-bond acceptors (Lipinski definition) is 8. The monoisotopic (exact) mass is 885 g/mol. The van der Waals surface area contributed by atoms with Crippen LogP contribution in [-0.2, 0) is 9.63 Å². The third kappa shape index (κ3) is 6.98. The van der Waals surface area contributed by atoms with E-state index in [0.29, 0.717) is 33.0 Å². The maximum atomic E-state index is 14.7.